The first-order valence-corrected chi connectivity index (χ1v) is 5.73. The lowest BCUT2D eigenvalue weighted by Gasteiger charge is -2.02. The van der Waals surface area contributed by atoms with Gasteiger partial charge < -0.3 is 0 Å². The van der Waals surface area contributed by atoms with Gasteiger partial charge in [0.1, 0.15) is 16.5 Å². The summed E-state index contributed by atoms with van der Waals surface area (Å²) in [6, 6.07) is 9.29. The molecule has 2 aromatic rings. The van der Waals surface area contributed by atoms with Crippen molar-refractivity contribution >= 4 is 35.0 Å². The third kappa shape index (κ3) is 2.84. The van der Waals surface area contributed by atoms with Crippen molar-refractivity contribution in [2.45, 2.75) is 9.92 Å². The zero-order chi connectivity index (χ0) is 10.7. The fourth-order valence-electron chi connectivity index (χ4n) is 1.01. The predicted octanol–water partition coefficient (Wildman–Crippen LogP) is 3.93. The Morgan fingerprint density at radius 3 is 2.60 bits per heavy atom. The fourth-order valence-corrected chi connectivity index (χ4v) is 2.28. The molecule has 0 N–H and O–H groups in total. The van der Waals surface area contributed by atoms with Crippen molar-refractivity contribution in [3.05, 3.63) is 46.8 Å². The highest BCUT2D eigenvalue weighted by Gasteiger charge is 2.03. The summed E-state index contributed by atoms with van der Waals surface area (Å²) >= 11 is 13.2. The average molecular weight is 257 g/mol. The Balaban J connectivity index is 2.26. The van der Waals surface area contributed by atoms with Crippen LogP contribution in [0.2, 0.25) is 10.2 Å². The third-order valence-corrected chi connectivity index (χ3v) is 3.32. The van der Waals surface area contributed by atoms with E-state index < -0.39 is 0 Å². The molecular weight excluding hydrogens is 251 g/mol. The summed E-state index contributed by atoms with van der Waals surface area (Å²) in [5.41, 5.74) is 0. The Kier molecular flexibility index (Phi) is 3.46. The summed E-state index contributed by atoms with van der Waals surface area (Å²) in [7, 11) is 0. The monoisotopic (exact) mass is 256 g/mol. The summed E-state index contributed by atoms with van der Waals surface area (Å²) < 4.78 is 0. The van der Waals surface area contributed by atoms with Gasteiger partial charge in [0.2, 0.25) is 0 Å². The smallest absolute Gasteiger partial charge is 0.133 e. The van der Waals surface area contributed by atoms with E-state index in [1.54, 1.807) is 6.07 Å². The summed E-state index contributed by atoms with van der Waals surface area (Å²) in [4.78, 5) is 8.85. The second kappa shape index (κ2) is 4.84. The lowest BCUT2D eigenvalue weighted by atomic mass is 10.4. The van der Waals surface area contributed by atoms with E-state index >= 15 is 0 Å². The largest absolute Gasteiger partial charge is 0.230 e. The molecule has 0 aliphatic carbocycles. The van der Waals surface area contributed by atoms with Crippen molar-refractivity contribution in [1.82, 2.24) is 9.97 Å². The maximum atomic E-state index is 6.02. The Bertz CT molecular complexity index is 476. The number of halogens is 2. The maximum absolute atomic E-state index is 6.02. The molecule has 0 spiro atoms. The Labute approximate surface area is 102 Å². The van der Waals surface area contributed by atoms with E-state index in [-0.39, 0.29) is 0 Å². The highest BCUT2D eigenvalue weighted by molar-refractivity contribution is 7.99. The summed E-state index contributed by atoms with van der Waals surface area (Å²) in [6.45, 7) is 0. The Morgan fingerprint density at radius 1 is 1.07 bits per heavy atom. The van der Waals surface area contributed by atoms with E-state index in [1.807, 2.05) is 24.3 Å². The van der Waals surface area contributed by atoms with Gasteiger partial charge in [-0.2, -0.15) is 0 Å². The maximum Gasteiger partial charge on any atom is 0.133 e. The zero-order valence-electron chi connectivity index (χ0n) is 7.52. The normalized spacial score (nSPS) is 10.3. The van der Waals surface area contributed by atoms with Gasteiger partial charge in [-0.3, -0.25) is 0 Å². The molecule has 2 nitrogen and oxygen atoms in total. The van der Waals surface area contributed by atoms with Gasteiger partial charge in [0.15, 0.2) is 0 Å². The van der Waals surface area contributed by atoms with Crippen LogP contribution in [-0.4, -0.2) is 9.97 Å². The number of aromatic nitrogens is 2. The fraction of sp³-hybridized carbons (Fsp3) is 0. The van der Waals surface area contributed by atoms with Gasteiger partial charge in [-0.1, -0.05) is 47.1 Å². The van der Waals surface area contributed by atoms with Gasteiger partial charge in [0, 0.05) is 11.0 Å². The number of rotatable bonds is 2. The average Bonchev–Trinajstić information content (AvgIpc) is 2.22. The summed E-state index contributed by atoms with van der Waals surface area (Å²) in [6.07, 6.45) is 1.43. The van der Waals surface area contributed by atoms with Crippen LogP contribution in [-0.2, 0) is 0 Å². The van der Waals surface area contributed by atoms with E-state index in [2.05, 4.69) is 9.97 Å². The van der Waals surface area contributed by atoms with Gasteiger partial charge in [0.05, 0.1) is 5.02 Å². The van der Waals surface area contributed by atoms with Gasteiger partial charge in [-0.15, -0.1) is 0 Å². The molecule has 1 aromatic carbocycles. The molecule has 0 atom stereocenters. The van der Waals surface area contributed by atoms with Crippen molar-refractivity contribution < 1.29 is 0 Å². The molecule has 0 saturated carbocycles. The highest BCUT2D eigenvalue weighted by Crippen LogP contribution is 2.32. The molecule has 0 aliphatic heterocycles. The number of hydrogen-bond acceptors (Lipinski definition) is 3. The van der Waals surface area contributed by atoms with E-state index in [0.29, 0.717) is 10.2 Å². The topological polar surface area (TPSA) is 25.8 Å². The first kappa shape index (κ1) is 10.7. The van der Waals surface area contributed by atoms with E-state index in [9.17, 15) is 0 Å². The lowest BCUT2D eigenvalue weighted by molar-refractivity contribution is 1.05. The van der Waals surface area contributed by atoms with Crippen molar-refractivity contribution in [2.75, 3.05) is 0 Å². The van der Waals surface area contributed by atoms with Crippen LogP contribution in [0.4, 0.5) is 0 Å². The van der Waals surface area contributed by atoms with Crippen molar-refractivity contribution in [1.29, 1.82) is 0 Å². The first-order valence-electron chi connectivity index (χ1n) is 4.15. The van der Waals surface area contributed by atoms with Crippen LogP contribution < -0.4 is 0 Å². The zero-order valence-corrected chi connectivity index (χ0v) is 9.85. The van der Waals surface area contributed by atoms with Crippen LogP contribution in [0, 0.1) is 0 Å². The molecule has 0 aliphatic rings. The summed E-state index contributed by atoms with van der Waals surface area (Å²) in [5.74, 6) is 0. The summed E-state index contributed by atoms with van der Waals surface area (Å²) in [5, 5.41) is 1.92. The molecule has 1 heterocycles. The van der Waals surface area contributed by atoms with Gasteiger partial charge in [-0.05, 0) is 12.1 Å². The lowest BCUT2D eigenvalue weighted by Crippen LogP contribution is -1.82. The van der Waals surface area contributed by atoms with Crippen LogP contribution in [0.25, 0.3) is 0 Å². The van der Waals surface area contributed by atoms with E-state index in [0.717, 1.165) is 9.92 Å². The van der Waals surface area contributed by atoms with E-state index in [4.69, 9.17) is 23.2 Å². The minimum absolute atomic E-state index is 0.430. The second-order valence-corrected chi connectivity index (χ2v) is 4.57. The van der Waals surface area contributed by atoms with E-state index in [1.165, 1.54) is 18.1 Å². The Hall–Kier alpha value is -0.770. The molecule has 76 valence electrons. The highest BCUT2D eigenvalue weighted by atomic mass is 35.5. The Morgan fingerprint density at radius 2 is 1.87 bits per heavy atom. The van der Waals surface area contributed by atoms with Crippen molar-refractivity contribution in [3.8, 4) is 0 Å². The molecule has 0 saturated heterocycles. The third-order valence-electron chi connectivity index (χ3n) is 1.66. The molecular formula is C10H6Cl2N2S. The van der Waals surface area contributed by atoms with Crippen LogP contribution in [0.3, 0.4) is 0 Å². The molecule has 0 amide bonds. The van der Waals surface area contributed by atoms with Crippen molar-refractivity contribution in [2.24, 2.45) is 0 Å². The molecule has 1 aromatic heterocycles. The molecule has 5 heteroatoms. The van der Waals surface area contributed by atoms with Crippen LogP contribution in [0.5, 0.6) is 0 Å². The van der Waals surface area contributed by atoms with Gasteiger partial charge in [0.25, 0.3) is 0 Å². The van der Waals surface area contributed by atoms with Gasteiger partial charge >= 0.3 is 0 Å². The molecule has 2 rings (SSSR count). The van der Waals surface area contributed by atoms with Crippen LogP contribution in [0.15, 0.2) is 46.6 Å². The SMILES string of the molecule is Clc1cc(Sc2ccccc2Cl)ncn1. The minimum Gasteiger partial charge on any atom is -0.230 e. The second-order valence-electron chi connectivity index (χ2n) is 2.71. The first-order chi connectivity index (χ1) is 7.25. The standard InChI is InChI=1S/C10H6Cl2N2S/c11-7-3-1-2-4-8(7)15-10-5-9(12)13-6-14-10/h1-6H. The van der Waals surface area contributed by atoms with Crippen LogP contribution in [0.1, 0.15) is 0 Å². The molecule has 0 radical (unpaired) electrons. The number of nitrogens with zero attached hydrogens (tertiary/aromatic N) is 2. The molecule has 0 fully saturated rings. The van der Waals surface area contributed by atoms with Gasteiger partial charge in [-0.25, -0.2) is 9.97 Å². The molecule has 0 bridgehead atoms. The molecule has 0 unspecified atom stereocenters. The molecule has 15 heavy (non-hydrogen) atoms. The number of benzene rings is 1. The van der Waals surface area contributed by atoms with Crippen LogP contribution >= 0.6 is 35.0 Å². The predicted molar refractivity (Wildman–Crippen MR) is 62.6 cm³/mol. The van der Waals surface area contributed by atoms with Crippen molar-refractivity contribution in [3.63, 3.8) is 0 Å². The quantitative estimate of drug-likeness (QED) is 0.762. The minimum atomic E-state index is 0.430. The number of hydrogen-bond donors (Lipinski definition) is 0.